The molecule has 7 nitrogen and oxygen atoms in total. The highest BCUT2D eigenvalue weighted by atomic mass is 16.6. The minimum absolute atomic E-state index is 0.0511. The Bertz CT molecular complexity index is 451. The van der Waals surface area contributed by atoms with Crippen molar-refractivity contribution < 1.29 is 4.92 Å². The lowest BCUT2D eigenvalue weighted by Crippen LogP contribution is -2.31. The minimum Gasteiger partial charge on any atom is -0.378 e. The molecule has 18 heavy (non-hydrogen) atoms. The number of anilines is 2. The number of hydrogen-bond acceptors (Lipinski definition) is 6. The molecule has 0 bridgehead atoms. The van der Waals surface area contributed by atoms with E-state index in [-0.39, 0.29) is 11.5 Å². The number of nitrogens with zero attached hydrogens (tertiary/aromatic N) is 3. The molecule has 1 aliphatic rings. The summed E-state index contributed by atoms with van der Waals surface area (Å²) in [5.74, 6) is 0.531. The molecule has 3 N–H and O–H groups in total. The van der Waals surface area contributed by atoms with Gasteiger partial charge in [0.15, 0.2) is 0 Å². The lowest BCUT2D eigenvalue weighted by atomic mass is 10.2. The molecular weight excluding hydrogens is 234 g/mol. The topological polar surface area (TPSA) is 97.3 Å². The van der Waals surface area contributed by atoms with Crippen molar-refractivity contribution in [1.29, 1.82) is 0 Å². The van der Waals surface area contributed by atoms with Crippen molar-refractivity contribution in [2.75, 3.05) is 31.2 Å². The molecule has 0 spiro atoms. The van der Waals surface area contributed by atoms with E-state index >= 15 is 0 Å². The first-order valence-electron chi connectivity index (χ1n) is 5.93. The SMILES string of the molecule is CN1CCCC1CNc1ccc([N+](=O)[O-])c(N)n1. The van der Waals surface area contributed by atoms with Gasteiger partial charge >= 0.3 is 5.69 Å². The second kappa shape index (κ2) is 5.18. The van der Waals surface area contributed by atoms with Gasteiger partial charge in [0, 0.05) is 18.7 Å². The van der Waals surface area contributed by atoms with Gasteiger partial charge in [0.2, 0.25) is 5.82 Å². The van der Waals surface area contributed by atoms with Crippen LogP contribution in [0.1, 0.15) is 12.8 Å². The first-order valence-corrected chi connectivity index (χ1v) is 5.93. The van der Waals surface area contributed by atoms with Gasteiger partial charge in [-0.25, -0.2) is 4.98 Å². The number of nitro groups is 1. The first kappa shape index (κ1) is 12.6. The Morgan fingerprint density at radius 1 is 1.67 bits per heavy atom. The molecule has 0 aromatic carbocycles. The number of nitrogen functional groups attached to an aromatic ring is 1. The van der Waals surface area contributed by atoms with Crippen LogP contribution in [-0.4, -0.2) is 41.0 Å². The summed E-state index contributed by atoms with van der Waals surface area (Å²) >= 11 is 0. The van der Waals surface area contributed by atoms with Crippen molar-refractivity contribution in [3.8, 4) is 0 Å². The van der Waals surface area contributed by atoms with E-state index in [4.69, 9.17) is 5.73 Å². The highest BCUT2D eigenvalue weighted by Crippen LogP contribution is 2.21. The minimum atomic E-state index is -0.531. The van der Waals surface area contributed by atoms with E-state index in [1.54, 1.807) is 6.07 Å². The largest absolute Gasteiger partial charge is 0.378 e. The third-order valence-corrected chi connectivity index (χ3v) is 3.29. The van der Waals surface area contributed by atoms with E-state index in [0.717, 1.165) is 19.5 Å². The Kier molecular flexibility index (Phi) is 3.61. The van der Waals surface area contributed by atoms with E-state index < -0.39 is 4.92 Å². The number of likely N-dealkylation sites (tertiary alicyclic amines) is 1. The Morgan fingerprint density at radius 2 is 2.44 bits per heavy atom. The summed E-state index contributed by atoms with van der Waals surface area (Å²) in [5, 5.41) is 13.8. The summed E-state index contributed by atoms with van der Waals surface area (Å²) in [7, 11) is 2.09. The fourth-order valence-corrected chi connectivity index (χ4v) is 2.18. The molecule has 2 rings (SSSR count). The molecule has 1 saturated heterocycles. The van der Waals surface area contributed by atoms with Gasteiger partial charge in [-0.2, -0.15) is 0 Å². The lowest BCUT2D eigenvalue weighted by Gasteiger charge is -2.19. The van der Waals surface area contributed by atoms with Crippen LogP contribution in [0.2, 0.25) is 0 Å². The van der Waals surface area contributed by atoms with Crippen LogP contribution in [0.25, 0.3) is 0 Å². The normalized spacial score (nSPS) is 19.9. The van der Waals surface area contributed by atoms with Crippen LogP contribution in [-0.2, 0) is 0 Å². The summed E-state index contributed by atoms with van der Waals surface area (Å²) in [4.78, 5) is 16.4. The van der Waals surface area contributed by atoms with Gasteiger partial charge in [-0.3, -0.25) is 10.1 Å². The van der Waals surface area contributed by atoms with Crippen LogP contribution in [0, 0.1) is 10.1 Å². The second-order valence-corrected chi connectivity index (χ2v) is 4.52. The van der Waals surface area contributed by atoms with E-state index in [0.29, 0.717) is 11.9 Å². The molecule has 0 aliphatic carbocycles. The van der Waals surface area contributed by atoms with Crippen LogP contribution >= 0.6 is 0 Å². The van der Waals surface area contributed by atoms with Gasteiger partial charge in [-0.15, -0.1) is 0 Å². The summed E-state index contributed by atoms with van der Waals surface area (Å²) in [6.07, 6.45) is 2.37. The van der Waals surface area contributed by atoms with Crippen molar-refractivity contribution in [3.05, 3.63) is 22.2 Å². The molecule has 1 fully saturated rings. The maximum atomic E-state index is 10.6. The maximum Gasteiger partial charge on any atom is 0.311 e. The highest BCUT2D eigenvalue weighted by Gasteiger charge is 2.20. The van der Waals surface area contributed by atoms with E-state index in [9.17, 15) is 10.1 Å². The van der Waals surface area contributed by atoms with Crippen molar-refractivity contribution >= 4 is 17.3 Å². The molecule has 1 aromatic rings. The predicted molar refractivity (Wildman–Crippen MR) is 69.4 cm³/mol. The van der Waals surface area contributed by atoms with Crippen LogP contribution < -0.4 is 11.1 Å². The molecular formula is C11H17N5O2. The molecule has 1 aromatic heterocycles. The van der Waals surface area contributed by atoms with Crippen LogP contribution in [0.3, 0.4) is 0 Å². The Balaban J connectivity index is 1.98. The lowest BCUT2D eigenvalue weighted by molar-refractivity contribution is -0.384. The van der Waals surface area contributed by atoms with Crippen molar-refractivity contribution in [2.45, 2.75) is 18.9 Å². The Labute approximate surface area is 105 Å². The number of aromatic nitrogens is 1. The van der Waals surface area contributed by atoms with Gasteiger partial charge in [0.05, 0.1) is 4.92 Å². The zero-order chi connectivity index (χ0) is 13.1. The van der Waals surface area contributed by atoms with Crippen molar-refractivity contribution in [3.63, 3.8) is 0 Å². The first-order chi connectivity index (χ1) is 8.58. The summed E-state index contributed by atoms with van der Waals surface area (Å²) in [5.41, 5.74) is 5.38. The predicted octanol–water partition coefficient (Wildman–Crippen LogP) is 1.08. The summed E-state index contributed by atoms with van der Waals surface area (Å²) < 4.78 is 0. The number of hydrogen-bond donors (Lipinski definition) is 2. The highest BCUT2D eigenvalue weighted by molar-refractivity contribution is 5.57. The van der Waals surface area contributed by atoms with E-state index in [1.807, 2.05) is 0 Å². The number of nitrogens with two attached hydrogens (primary N) is 1. The molecule has 98 valence electrons. The molecule has 1 aliphatic heterocycles. The van der Waals surface area contributed by atoms with Gasteiger partial charge in [0.1, 0.15) is 5.82 Å². The van der Waals surface area contributed by atoms with Gasteiger partial charge in [-0.05, 0) is 32.5 Å². The van der Waals surface area contributed by atoms with Crippen LogP contribution in [0.4, 0.5) is 17.3 Å². The fraction of sp³-hybridized carbons (Fsp3) is 0.545. The third kappa shape index (κ3) is 2.67. The van der Waals surface area contributed by atoms with Crippen LogP contribution in [0.5, 0.6) is 0 Å². The van der Waals surface area contributed by atoms with Crippen molar-refractivity contribution in [1.82, 2.24) is 9.88 Å². The number of pyridine rings is 1. The second-order valence-electron chi connectivity index (χ2n) is 4.52. The van der Waals surface area contributed by atoms with Crippen LogP contribution in [0.15, 0.2) is 12.1 Å². The number of nitrogens with one attached hydrogen (secondary N) is 1. The summed E-state index contributed by atoms with van der Waals surface area (Å²) in [6.45, 7) is 1.89. The zero-order valence-electron chi connectivity index (χ0n) is 10.3. The van der Waals surface area contributed by atoms with E-state index in [1.165, 1.54) is 12.5 Å². The number of likely N-dealkylation sites (N-methyl/N-ethyl adjacent to an activating group) is 1. The third-order valence-electron chi connectivity index (χ3n) is 3.29. The molecule has 7 heteroatoms. The smallest absolute Gasteiger partial charge is 0.311 e. The monoisotopic (exact) mass is 251 g/mol. The quantitative estimate of drug-likeness (QED) is 0.614. The van der Waals surface area contributed by atoms with Gasteiger partial charge < -0.3 is 16.0 Å². The van der Waals surface area contributed by atoms with Crippen molar-refractivity contribution in [2.24, 2.45) is 0 Å². The Hall–Kier alpha value is -1.89. The maximum absolute atomic E-state index is 10.6. The molecule has 0 radical (unpaired) electrons. The molecule has 2 heterocycles. The molecule has 1 unspecified atom stereocenters. The van der Waals surface area contributed by atoms with E-state index in [2.05, 4.69) is 22.2 Å². The molecule has 1 atom stereocenters. The average molecular weight is 251 g/mol. The molecule has 0 saturated carbocycles. The molecule has 0 amide bonds. The van der Waals surface area contributed by atoms with Gasteiger partial charge in [0.25, 0.3) is 0 Å². The fourth-order valence-electron chi connectivity index (χ4n) is 2.18. The summed E-state index contributed by atoms with van der Waals surface area (Å²) in [6, 6.07) is 3.45. The average Bonchev–Trinajstić information content (AvgIpc) is 2.72. The number of rotatable bonds is 4. The Morgan fingerprint density at radius 3 is 3.00 bits per heavy atom. The standard InChI is InChI=1S/C11H17N5O2/c1-15-6-2-3-8(15)7-13-10-5-4-9(16(17)18)11(12)14-10/h4-5,8H,2-3,6-7H2,1H3,(H3,12,13,14). The van der Waals surface area contributed by atoms with Gasteiger partial charge in [-0.1, -0.05) is 0 Å². The zero-order valence-corrected chi connectivity index (χ0v) is 10.3.